The second-order valence-corrected chi connectivity index (χ2v) is 5.58. The summed E-state index contributed by atoms with van der Waals surface area (Å²) in [6, 6.07) is 22.0. The number of aryl methyl sites for hydroxylation is 2. The molecule has 0 aliphatic heterocycles. The predicted molar refractivity (Wildman–Crippen MR) is 88.4 cm³/mol. The lowest BCUT2D eigenvalue weighted by Gasteiger charge is -2.12. The van der Waals surface area contributed by atoms with E-state index in [9.17, 15) is 0 Å². The van der Waals surface area contributed by atoms with E-state index < -0.39 is 0 Å². The molecular formula is C20H16. The Kier molecular flexibility index (Phi) is 2.34. The molecule has 0 saturated carbocycles. The first-order valence-corrected chi connectivity index (χ1v) is 7.06. The topological polar surface area (TPSA) is 0 Å². The van der Waals surface area contributed by atoms with E-state index in [-0.39, 0.29) is 0 Å². The number of benzene rings is 4. The van der Waals surface area contributed by atoms with E-state index in [2.05, 4.69) is 74.5 Å². The summed E-state index contributed by atoms with van der Waals surface area (Å²) in [5.74, 6) is 0. The Hall–Kier alpha value is -2.34. The average Bonchev–Trinajstić information content (AvgIpc) is 2.46. The summed E-state index contributed by atoms with van der Waals surface area (Å²) in [6.07, 6.45) is 0. The summed E-state index contributed by atoms with van der Waals surface area (Å²) < 4.78 is 0. The van der Waals surface area contributed by atoms with Crippen molar-refractivity contribution in [3.8, 4) is 0 Å². The van der Waals surface area contributed by atoms with E-state index in [1.807, 2.05) is 0 Å². The van der Waals surface area contributed by atoms with E-state index >= 15 is 0 Å². The van der Waals surface area contributed by atoms with Crippen LogP contribution in [0.1, 0.15) is 11.1 Å². The van der Waals surface area contributed by atoms with Crippen LogP contribution in [0.15, 0.2) is 60.7 Å². The van der Waals surface area contributed by atoms with Crippen LogP contribution < -0.4 is 0 Å². The molecule has 20 heavy (non-hydrogen) atoms. The van der Waals surface area contributed by atoms with Crippen molar-refractivity contribution in [2.75, 3.05) is 0 Å². The first-order valence-electron chi connectivity index (χ1n) is 7.06. The Balaban J connectivity index is 2.37. The molecule has 0 radical (unpaired) electrons. The molecule has 0 aliphatic carbocycles. The zero-order chi connectivity index (χ0) is 13.7. The molecule has 4 rings (SSSR count). The molecule has 0 nitrogen and oxygen atoms in total. The monoisotopic (exact) mass is 256 g/mol. The van der Waals surface area contributed by atoms with Crippen molar-refractivity contribution in [3.05, 3.63) is 71.8 Å². The lowest BCUT2D eigenvalue weighted by molar-refractivity contribution is 1.52. The van der Waals surface area contributed by atoms with Crippen molar-refractivity contribution in [3.63, 3.8) is 0 Å². The first kappa shape index (κ1) is 11.5. The van der Waals surface area contributed by atoms with Gasteiger partial charge in [-0.1, -0.05) is 60.7 Å². The van der Waals surface area contributed by atoms with Gasteiger partial charge in [-0.25, -0.2) is 0 Å². The van der Waals surface area contributed by atoms with Gasteiger partial charge in [-0.15, -0.1) is 0 Å². The fourth-order valence-corrected chi connectivity index (χ4v) is 3.39. The minimum absolute atomic E-state index is 1.32. The van der Waals surface area contributed by atoms with Gasteiger partial charge in [-0.2, -0.15) is 0 Å². The molecule has 0 spiro atoms. The molecule has 0 amide bonds. The summed E-state index contributed by atoms with van der Waals surface area (Å²) in [6.45, 7) is 4.42. The molecule has 4 aromatic carbocycles. The molecule has 0 N–H and O–H groups in total. The third-order valence-electron chi connectivity index (χ3n) is 4.27. The van der Waals surface area contributed by atoms with E-state index in [1.54, 1.807) is 0 Å². The quantitative estimate of drug-likeness (QED) is 0.351. The van der Waals surface area contributed by atoms with Crippen LogP contribution in [0.2, 0.25) is 0 Å². The Labute approximate surface area is 118 Å². The summed E-state index contributed by atoms with van der Waals surface area (Å²) in [5.41, 5.74) is 2.71. The molecule has 0 saturated heterocycles. The van der Waals surface area contributed by atoms with Gasteiger partial charge in [-0.3, -0.25) is 0 Å². The van der Waals surface area contributed by atoms with Crippen LogP contribution in [0.5, 0.6) is 0 Å². The largest absolute Gasteiger partial charge is 0.0616 e. The van der Waals surface area contributed by atoms with Gasteiger partial charge in [0.15, 0.2) is 0 Å². The van der Waals surface area contributed by atoms with Crippen LogP contribution in [0.4, 0.5) is 0 Å². The van der Waals surface area contributed by atoms with Gasteiger partial charge in [0.25, 0.3) is 0 Å². The molecule has 0 fully saturated rings. The third-order valence-corrected chi connectivity index (χ3v) is 4.27. The molecule has 0 heterocycles. The van der Waals surface area contributed by atoms with Crippen molar-refractivity contribution in [1.82, 2.24) is 0 Å². The lowest BCUT2D eigenvalue weighted by atomic mass is 9.92. The predicted octanol–water partition coefficient (Wildman–Crippen LogP) is 5.76. The van der Waals surface area contributed by atoms with E-state index in [0.717, 1.165) is 0 Å². The number of fused-ring (bicyclic) bond motifs is 5. The van der Waals surface area contributed by atoms with Gasteiger partial charge in [0.05, 0.1) is 0 Å². The fraction of sp³-hybridized carbons (Fsp3) is 0.100. The molecule has 0 unspecified atom stereocenters. The van der Waals surface area contributed by atoms with E-state index in [1.165, 1.54) is 43.4 Å². The molecule has 0 atom stereocenters. The molecular weight excluding hydrogens is 240 g/mol. The molecule has 0 aliphatic rings. The Morgan fingerprint density at radius 1 is 0.550 bits per heavy atom. The maximum Gasteiger partial charge on any atom is -0.00696 e. The van der Waals surface area contributed by atoms with Crippen LogP contribution in [0.3, 0.4) is 0 Å². The van der Waals surface area contributed by atoms with E-state index in [4.69, 9.17) is 0 Å². The smallest absolute Gasteiger partial charge is 0.00696 e. The average molecular weight is 256 g/mol. The van der Waals surface area contributed by atoms with Crippen molar-refractivity contribution in [2.24, 2.45) is 0 Å². The number of rotatable bonds is 0. The van der Waals surface area contributed by atoms with Gasteiger partial charge in [0, 0.05) is 0 Å². The fourth-order valence-electron chi connectivity index (χ4n) is 3.39. The highest BCUT2D eigenvalue weighted by Crippen LogP contribution is 2.35. The minimum Gasteiger partial charge on any atom is -0.0616 e. The highest BCUT2D eigenvalue weighted by molar-refractivity contribution is 6.19. The highest BCUT2D eigenvalue weighted by atomic mass is 14.1. The van der Waals surface area contributed by atoms with Gasteiger partial charge in [-0.05, 0) is 57.3 Å². The molecule has 0 bridgehead atoms. The summed E-state index contributed by atoms with van der Waals surface area (Å²) in [5, 5.41) is 8.16. The second kappa shape index (κ2) is 4.08. The second-order valence-electron chi connectivity index (χ2n) is 5.58. The molecule has 0 heteroatoms. The lowest BCUT2D eigenvalue weighted by Crippen LogP contribution is -1.87. The third kappa shape index (κ3) is 1.48. The van der Waals surface area contributed by atoms with Crippen molar-refractivity contribution >= 4 is 32.3 Å². The number of hydrogen-bond acceptors (Lipinski definition) is 0. The zero-order valence-corrected chi connectivity index (χ0v) is 11.8. The molecule has 4 aromatic rings. The summed E-state index contributed by atoms with van der Waals surface area (Å²) in [4.78, 5) is 0. The molecule has 0 aromatic heterocycles. The Morgan fingerprint density at radius 2 is 1.35 bits per heavy atom. The van der Waals surface area contributed by atoms with Crippen LogP contribution in [-0.4, -0.2) is 0 Å². The van der Waals surface area contributed by atoms with Crippen LogP contribution in [0, 0.1) is 13.8 Å². The molecule has 96 valence electrons. The summed E-state index contributed by atoms with van der Waals surface area (Å²) in [7, 11) is 0. The first-order chi connectivity index (χ1) is 9.75. The normalized spacial score (nSPS) is 11.5. The minimum atomic E-state index is 1.32. The van der Waals surface area contributed by atoms with E-state index in [0.29, 0.717) is 0 Å². The van der Waals surface area contributed by atoms with Crippen molar-refractivity contribution in [1.29, 1.82) is 0 Å². The Morgan fingerprint density at radius 3 is 2.25 bits per heavy atom. The van der Waals surface area contributed by atoms with Crippen molar-refractivity contribution < 1.29 is 0 Å². The SMILES string of the molecule is Cc1cccc2cc(C)c3c4ccccc4ccc3c12. The van der Waals surface area contributed by atoms with Crippen LogP contribution in [-0.2, 0) is 0 Å². The Bertz CT molecular complexity index is 962. The van der Waals surface area contributed by atoms with Gasteiger partial charge < -0.3 is 0 Å². The van der Waals surface area contributed by atoms with Gasteiger partial charge in [0.1, 0.15) is 0 Å². The van der Waals surface area contributed by atoms with Crippen LogP contribution in [0.25, 0.3) is 32.3 Å². The maximum atomic E-state index is 2.32. The highest BCUT2D eigenvalue weighted by Gasteiger charge is 2.08. The summed E-state index contributed by atoms with van der Waals surface area (Å²) >= 11 is 0. The number of hydrogen-bond donors (Lipinski definition) is 0. The zero-order valence-electron chi connectivity index (χ0n) is 11.8. The maximum absolute atomic E-state index is 2.32. The van der Waals surface area contributed by atoms with Gasteiger partial charge in [0.2, 0.25) is 0 Å². The standard InChI is InChI=1S/C20H16/c1-13-6-5-8-16-12-14(2)20-17-9-4-3-7-15(17)10-11-18(20)19(13)16/h3-12H,1-2H3. The van der Waals surface area contributed by atoms with Crippen molar-refractivity contribution in [2.45, 2.75) is 13.8 Å². The van der Waals surface area contributed by atoms with Gasteiger partial charge >= 0.3 is 0 Å². The van der Waals surface area contributed by atoms with Crippen LogP contribution >= 0.6 is 0 Å².